The highest BCUT2D eigenvalue weighted by Crippen LogP contribution is 2.37. The van der Waals surface area contributed by atoms with Crippen LogP contribution in [0.3, 0.4) is 0 Å². The van der Waals surface area contributed by atoms with Crippen LogP contribution in [0.15, 0.2) is 47.4 Å². The number of nitrogens with zero attached hydrogens (tertiary/aromatic N) is 2. The molecule has 2 aliphatic heterocycles. The molecule has 0 aromatic heterocycles. The molecule has 7 heteroatoms. The Labute approximate surface area is 153 Å². The molecule has 2 aromatic rings. The zero-order valence-electron chi connectivity index (χ0n) is 14.5. The second-order valence-electron chi connectivity index (χ2n) is 6.46. The van der Waals surface area contributed by atoms with Gasteiger partial charge in [-0.2, -0.15) is 0 Å². The number of ether oxygens (including phenoxy) is 1. The van der Waals surface area contributed by atoms with Gasteiger partial charge in [-0.15, -0.1) is 0 Å². The molecule has 0 saturated carbocycles. The monoisotopic (exact) mass is 372 g/mol. The van der Waals surface area contributed by atoms with Gasteiger partial charge in [-0.3, -0.25) is 9.10 Å². The number of aryl methyl sites for hydroxylation is 1. The van der Waals surface area contributed by atoms with Crippen LogP contribution in [0.5, 0.6) is 5.75 Å². The van der Waals surface area contributed by atoms with E-state index in [1.807, 2.05) is 24.3 Å². The number of anilines is 2. The second-order valence-corrected chi connectivity index (χ2v) is 8.32. The van der Waals surface area contributed by atoms with Gasteiger partial charge in [0.05, 0.1) is 22.8 Å². The van der Waals surface area contributed by atoms with Crippen LogP contribution in [0, 0.1) is 0 Å². The van der Waals surface area contributed by atoms with Gasteiger partial charge in [-0.25, -0.2) is 8.42 Å². The summed E-state index contributed by atoms with van der Waals surface area (Å²) in [6, 6.07) is 12.3. The number of amides is 1. The quantitative estimate of drug-likeness (QED) is 0.813. The molecule has 2 aromatic carbocycles. The molecule has 1 amide bonds. The predicted molar refractivity (Wildman–Crippen MR) is 99.3 cm³/mol. The number of sulfonamides is 1. The summed E-state index contributed by atoms with van der Waals surface area (Å²) in [4.78, 5) is 13.6. The third-order valence-corrected chi connectivity index (χ3v) is 6.64. The largest absolute Gasteiger partial charge is 0.489 e. The van der Waals surface area contributed by atoms with Crippen LogP contribution in [0.25, 0.3) is 0 Å². The molecule has 0 spiro atoms. The van der Waals surface area contributed by atoms with Gasteiger partial charge in [0.2, 0.25) is 5.91 Å². The summed E-state index contributed by atoms with van der Waals surface area (Å²) >= 11 is 0. The van der Waals surface area contributed by atoms with Gasteiger partial charge in [0.15, 0.2) is 0 Å². The van der Waals surface area contributed by atoms with E-state index in [4.69, 9.17) is 4.74 Å². The molecule has 2 aliphatic rings. The fourth-order valence-corrected chi connectivity index (χ4v) is 5.12. The molecule has 0 aliphatic carbocycles. The molecule has 6 nitrogen and oxygen atoms in total. The highest BCUT2D eigenvalue weighted by molar-refractivity contribution is 7.92. The van der Waals surface area contributed by atoms with Gasteiger partial charge in [0.1, 0.15) is 12.4 Å². The molecule has 0 atom stereocenters. The van der Waals surface area contributed by atoms with Crippen molar-refractivity contribution in [1.82, 2.24) is 0 Å². The van der Waals surface area contributed by atoms with E-state index in [0.29, 0.717) is 31.1 Å². The number of carbonyl (C=O) groups excluding carboxylic acids is 1. The first kappa shape index (κ1) is 16.9. The van der Waals surface area contributed by atoms with Crippen LogP contribution in [0.4, 0.5) is 11.4 Å². The molecular formula is C19H20N2O4S. The van der Waals surface area contributed by atoms with E-state index < -0.39 is 10.0 Å². The molecule has 136 valence electrons. The maximum atomic E-state index is 13.2. The third kappa shape index (κ3) is 2.72. The first-order valence-corrected chi connectivity index (χ1v) is 10.1. The third-order valence-electron chi connectivity index (χ3n) is 4.83. The Kier molecular flexibility index (Phi) is 4.11. The van der Waals surface area contributed by atoms with Gasteiger partial charge in [-0.1, -0.05) is 18.2 Å². The number of hydrogen-bond donors (Lipinski definition) is 0. The smallest absolute Gasteiger partial charge is 0.264 e. The van der Waals surface area contributed by atoms with E-state index in [1.54, 1.807) is 17.0 Å². The number of carbonyl (C=O) groups is 1. The van der Waals surface area contributed by atoms with E-state index in [-0.39, 0.29) is 10.8 Å². The van der Waals surface area contributed by atoms with Crippen molar-refractivity contribution < 1.29 is 17.9 Å². The minimum Gasteiger partial charge on any atom is -0.489 e. The molecule has 0 N–H and O–H groups in total. The van der Waals surface area contributed by atoms with Crippen LogP contribution >= 0.6 is 0 Å². The Balaban J connectivity index is 1.75. The fourth-order valence-electron chi connectivity index (χ4n) is 3.56. The highest BCUT2D eigenvalue weighted by Gasteiger charge is 2.31. The van der Waals surface area contributed by atoms with Crippen molar-refractivity contribution in [3.63, 3.8) is 0 Å². The van der Waals surface area contributed by atoms with E-state index in [2.05, 4.69) is 0 Å². The number of benzene rings is 2. The van der Waals surface area contributed by atoms with Crippen molar-refractivity contribution in [2.75, 3.05) is 28.9 Å². The minimum atomic E-state index is -3.70. The topological polar surface area (TPSA) is 66.9 Å². The zero-order chi connectivity index (χ0) is 18.3. The molecule has 2 heterocycles. The van der Waals surface area contributed by atoms with Crippen molar-refractivity contribution >= 4 is 27.3 Å². The summed E-state index contributed by atoms with van der Waals surface area (Å²) in [5.74, 6) is 0.341. The van der Waals surface area contributed by atoms with Crippen LogP contribution in [0.1, 0.15) is 18.9 Å². The Morgan fingerprint density at radius 1 is 1.08 bits per heavy atom. The Morgan fingerprint density at radius 3 is 2.69 bits per heavy atom. The molecular weight excluding hydrogens is 352 g/mol. The SMILES string of the molecule is CC(=O)N1CCOc2cc(S(=O)(=O)N3CCCc4ccccc43)ccc21. The maximum absolute atomic E-state index is 13.2. The molecule has 0 saturated heterocycles. The summed E-state index contributed by atoms with van der Waals surface area (Å²) < 4.78 is 33.6. The first-order valence-electron chi connectivity index (χ1n) is 8.64. The van der Waals surface area contributed by atoms with Crippen LogP contribution < -0.4 is 13.9 Å². The Bertz CT molecular complexity index is 971. The average molecular weight is 372 g/mol. The van der Waals surface area contributed by atoms with Gasteiger partial charge < -0.3 is 9.64 Å². The van der Waals surface area contributed by atoms with Gasteiger partial charge in [-0.05, 0) is 36.6 Å². The normalized spacial score (nSPS) is 16.5. The lowest BCUT2D eigenvalue weighted by Crippen LogP contribution is -2.37. The fraction of sp³-hybridized carbons (Fsp3) is 0.316. The minimum absolute atomic E-state index is 0.0879. The number of fused-ring (bicyclic) bond motifs is 2. The van der Waals surface area contributed by atoms with Crippen molar-refractivity contribution in [3.8, 4) is 5.75 Å². The summed E-state index contributed by atoms with van der Waals surface area (Å²) in [6.07, 6.45) is 1.67. The lowest BCUT2D eigenvalue weighted by Gasteiger charge is -2.32. The van der Waals surface area contributed by atoms with E-state index in [9.17, 15) is 13.2 Å². The van der Waals surface area contributed by atoms with Gasteiger partial charge in [0.25, 0.3) is 10.0 Å². The van der Waals surface area contributed by atoms with E-state index in [1.165, 1.54) is 17.3 Å². The maximum Gasteiger partial charge on any atom is 0.264 e. The van der Waals surface area contributed by atoms with E-state index in [0.717, 1.165) is 24.1 Å². The van der Waals surface area contributed by atoms with Crippen LogP contribution in [-0.4, -0.2) is 34.0 Å². The molecule has 0 unspecified atom stereocenters. The lowest BCUT2D eigenvalue weighted by molar-refractivity contribution is -0.116. The summed E-state index contributed by atoms with van der Waals surface area (Å²) in [7, 11) is -3.70. The Hall–Kier alpha value is -2.54. The van der Waals surface area contributed by atoms with Crippen molar-refractivity contribution in [1.29, 1.82) is 0 Å². The predicted octanol–water partition coefficient (Wildman–Crippen LogP) is 2.57. The molecule has 0 radical (unpaired) electrons. The van der Waals surface area contributed by atoms with Crippen LogP contribution in [-0.2, 0) is 21.2 Å². The molecule has 26 heavy (non-hydrogen) atoms. The van der Waals surface area contributed by atoms with Crippen LogP contribution in [0.2, 0.25) is 0 Å². The molecule has 4 rings (SSSR count). The average Bonchev–Trinajstić information content (AvgIpc) is 2.66. The molecule has 0 bridgehead atoms. The number of rotatable bonds is 2. The first-order chi connectivity index (χ1) is 12.5. The second kappa shape index (κ2) is 6.32. The van der Waals surface area contributed by atoms with Crippen molar-refractivity contribution in [2.45, 2.75) is 24.7 Å². The van der Waals surface area contributed by atoms with Crippen molar-refractivity contribution in [3.05, 3.63) is 48.0 Å². The zero-order valence-corrected chi connectivity index (χ0v) is 15.3. The van der Waals surface area contributed by atoms with E-state index >= 15 is 0 Å². The number of hydrogen-bond acceptors (Lipinski definition) is 4. The lowest BCUT2D eigenvalue weighted by atomic mass is 10.0. The highest BCUT2D eigenvalue weighted by atomic mass is 32.2. The summed E-state index contributed by atoms with van der Waals surface area (Å²) in [6.45, 7) is 2.76. The summed E-state index contributed by atoms with van der Waals surface area (Å²) in [5.41, 5.74) is 2.39. The van der Waals surface area contributed by atoms with Gasteiger partial charge in [0, 0.05) is 19.5 Å². The number of para-hydroxylation sites is 1. The Morgan fingerprint density at radius 2 is 1.88 bits per heavy atom. The summed E-state index contributed by atoms with van der Waals surface area (Å²) in [5, 5.41) is 0. The van der Waals surface area contributed by atoms with Crippen molar-refractivity contribution in [2.24, 2.45) is 0 Å². The van der Waals surface area contributed by atoms with Gasteiger partial charge >= 0.3 is 0 Å². The molecule has 0 fully saturated rings. The standard InChI is InChI=1S/C19H20N2O4S/c1-14(22)20-11-12-25-19-13-16(8-9-18(19)20)26(23,24)21-10-4-6-15-5-2-3-7-17(15)21/h2-3,5,7-9,13H,4,6,10-12H2,1H3.